The molecule has 20 heavy (non-hydrogen) atoms. The Bertz CT molecular complexity index is 596. The van der Waals surface area contributed by atoms with Gasteiger partial charge in [0.25, 0.3) is 5.91 Å². The number of ether oxygens (including phenoxy) is 1. The van der Waals surface area contributed by atoms with Crippen molar-refractivity contribution in [3.05, 3.63) is 65.5 Å². The molecule has 2 rings (SSSR count). The molecule has 0 aromatic heterocycles. The monoisotopic (exact) mass is 273 g/mol. The lowest BCUT2D eigenvalue weighted by Crippen LogP contribution is -2.26. The van der Waals surface area contributed by atoms with Crippen LogP contribution in [0.4, 0.5) is 4.39 Å². The predicted molar refractivity (Wildman–Crippen MR) is 75.3 cm³/mol. The smallest absolute Gasteiger partial charge is 0.251 e. The molecule has 0 fully saturated rings. The van der Waals surface area contributed by atoms with Crippen LogP contribution in [0.3, 0.4) is 0 Å². The van der Waals surface area contributed by atoms with Crippen LogP contribution in [-0.4, -0.2) is 13.0 Å². The molecule has 4 heteroatoms. The largest absolute Gasteiger partial charge is 0.496 e. The van der Waals surface area contributed by atoms with E-state index in [1.165, 1.54) is 24.3 Å². The molecular formula is C16H16FNO2. The van der Waals surface area contributed by atoms with Crippen molar-refractivity contribution in [2.45, 2.75) is 13.0 Å². The first kappa shape index (κ1) is 14.1. The molecule has 0 saturated heterocycles. The van der Waals surface area contributed by atoms with Crippen LogP contribution in [0.5, 0.6) is 5.75 Å². The molecule has 0 aliphatic rings. The van der Waals surface area contributed by atoms with Crippen molar-refractivity contribution < 1.29 is 13.9 Å². The molecule has 0 spiro atoms. The normalized spacial score (nSPS) is 11.8. The molecule has 104 valence electrons. The maximum Gasteiger partial charge on any atom is 0.251 e. The Morgan fingerprint density at radius 1 is 1.15 bits per heavy atom. The Hall–Kier alpha value is -2.36. The Balaban J connectivity index is 2.13. The first-order chi connectivity index (χ1) is 9.61. The van der Waals surface area contributed by atoms with Crippen molar-refractivity contribution in [2.24, 2.45) is 0 Å². The zero-order valence-electron chi connectivity index (χ0n) is 11.4. The molecule has 1 N–H and O–H groups in total. The molecule has 1 atom stereocenters. The molecule has 0 saturated carbocycles. The van der Waals surface area contributed by atoms with Crippen molar-refractivity contribution in [1.29, 1.82) is 0 Å². The second kappa shape index (κ2) is 6.19. The predicted octanol–water partition coefficient (Wildman–Crippen LogP) is 3.33. The molecule has 1 amide bonds. The minimum absolute atomic E-state index is 0.205. The zero-order chi connectivity index (χ0) is 14.5. The van der Waals surface area contributed by atoms with E-state index in [2.05, 4.69) is 5.32 Å². The second-order valence-corrected chi connectivity index (χ2v) is 4.44. The summed E-state index contributed by atoms with van der Waals surface area (Å²) in [7, 11) is 1.59. The summed E-state index contributed by atoms with van der Waals surface area (Å²) in [5.74, 6) is 0.113. The average molecular weight is 273 g/mol. The quantitative estimate of drug-likeness (QED) is 0.928. The summed E-state index contributed by atoms with van der Waals surface area (Å²) >= 11 is 0. The molecular weight excluding hydrogens is 257 g/mol. The van der Waals surface area contributed by atoms with Gasteiger partial charge < -0.3 is 10.1 Å². The number of hydrogen-bond acceptors (Lipinski definition) is 2. The van der Waals surface area contributed by atoms with E-state index in [0.29, 0.717) is 5.56 Å². The highest BCUT2D eigenvalue weighted by molar-refractivity contribution is 5.94. The maximum absolute atomic E-state index is 12.8. The van der Waals surface area contributed by atoms with Gasteiger partial charge in [-0.2, -0.15) is 0 Å². The summed E-state index contributed by atoms with van der Waals surface area (Å²) in [5.41, 5.74) is 1.32. The van der Waals surface area contributed by atoms with Crippen molar-refractivity contribution >= 4 is 5.91 Å². The van der Waals surface area contributed by atoms with Crippen LogP contribution in [0, 0.1) is 5.82 Å². The van der Waals surface area contributed by atoms with Gasteiger partial charge in [0, 0.05) is 11.1 Å². The van der Waals surface area contributed by atoms with E-state index in [9.17, 15) is 9.18 Å². The highest BCUT2D eigenvalue weighted by atomic mass is 19.1. The number of benzene rings is 2. The molecule has 0 aliphatic heterocycles. The highest BCUT2D eigenvalue weighted by Gasteiger charge is 2.14. The van der Waals surface area contributed by atoms with Gasteiger partial charge in [0.1, 0.15) is 11.6 Å². The van der Waals surface area contributed by atoms with Gasteiger partial charge in [-0.1, -0.05) is 18.2 Å². The number of hydrogen-bond donors (Lipinski definition) is 1. The molecule has 0 radical (unpaired) electrons. The topological polar surface area (TPSA) is 38.3 Å². The van der Waals surface area contributed by atoms with Gasteiger partial charge in [0.05, 0.1) is 13.2 Å². The fourth-order valence-corrected chi connectivity index (χ4v) is 1.98. The van der Waals surface area contributed by atoms with Gasteiger partial charge in [-0.25, -0.2) is 4.39 Å². The van der Waals surface area contributed by atoms with Crippen LogP contribution in [0.15, 0.2) is 48.5 Å². The van der Waals surface area contributed by atoms with Gasteiger partial charge >= 0.3 is 0 Å². The fourth-order valence-electron chi connectivity index (χ4n) is 1.98. The Kier molecular flexibility index (Phi) is 4.35. The summed E-state index contributed by atoms with van der Waals surface area (Å²) in [6.07, 6.45) is 0. The lowest BCUT2D eigenvalue weighted by atomic mass is 10.1. The van der Waals surface area contributed by atoms with E-state index in [1.54, 1.807) is 7.11 Å². The SMILES string of the molecule is COc1ccccc1[C@@H](C)NC(=O)c1ccc(F)cc1. The second-order valence-electron chi connectivity index (χ2n) is 4.44. The lowest BCUT2D eigenvalue weighted by Gasteiger charge is -2.17. The molecule has 0 unspecified atom stereocenters. The molecule has 2 aromatic rings. The van der Waals surface area contributed by atoms with Crippen LogP contribution < -0.4 is 10.1 Å². The van der Waals surface area contributed by atoms with Crippen molar-refractivity contribution in [3.8, 4) is 5.75 Å². The van der Waals surface area contributed by atoms with E-state index < -0.39 is 0 Å². The Morgan fingerprint density at radius 3 is 2.45 bits per heavy atom. The lowest BCUT2D eigenvalue weighted by molar-refractivity contribution is 0.0939. The number of amides is 1. The van der Waals surface area contributed by atoms with Crippen LogP contribution in [-0.2, 0) is 0 Å². The van der Waals surface area contributed by atoms with Gasteiger partial charge in [-0.05, 0) is 37.3 Å². The fraction of sp³-hybridized carbons (Fsp3) is 0.188. The number of nitrogens with one attached hydrogen (secondary N) is 1. The Labute approximate surface area is 117 Å². The summed E-state index contributed by atoms with van der Waals surface area (Å²) < 4.78 is 18.1. The van der Waals surface area contributed by atoms with Crippen molar-refractivity contribution in [2.75, 3.05) is 7.11 Å². The molecule has 0 bridgehead atoms. The maximum atomic E-state index is 12.8. The first-order valence-electron chi connectivity index (χ1n) is 6.31. The standard InChI is InChI=1S/C16H16FNO2/c1-11(14-5-3-4-6-15(14)20-2)18-16(19)12-7-9-13(17)10-8-12/h3-11H,1-2H3,(H,18,19)/t11-/m1/s1. The van der Waals surface area contributed by atoms with Gasteiger partial charge in [-0.3, -0.25) is 4.79 Å². The molecule has 0 heterocycles. The average Bonchev–Trinajstić information content (AvgIpc) is 2.47. The third-order valence-corrected chi connectivity index (χ3v) is 3.06. The number of methoxy groups -OCH3 is 1. The minimum atomic E-state index is -0.362. The van der Waals surface area contributed by atoms with Crippen LogP contribution in [0.1, 0.15) is 28.9 Å². The van der Waals surface area contributed by atoms with E-state index >= 15 is 0 Å². The van der Waals surface area contributed by atoms with Crippen LogP contribution in [0.25, 0.3) is 0 Å². The summed E-state index contributed by atoms with van der Waals surface area (Å²) in [6.45, 7) is 1.87. The number of carbonyl (C=O) groups excluding carboxylic acids is 1. The van der Waals surface area contributed by atoms with Gasteiger partial charge in [-0.15, -0.1) is 0 Å². The van der Waals surface area contributed by atoms with E-state index in [4.69, 9.17) is 4.74 Å². The number of carbonyl (C=O) groups is 1. The molecule has 0 aliphatic carbocycles. The minimum Gasteiger partial charge on any atom is -0.496 e. The molecule has 2 aromatic carbocycles. The third-order valence-electron chi connectivity index (χ3n) is 3.06. The Morgan fingerprint density at radius 2 is 1.80 bits per heavy atom. The van der Waals surface area contributed by atoms with Crippen LogP contribution in [0.2, 0.25) is 0 Å². The summed E-state index contributed by atoms with van der Waals surface area (Å²) in [4.78, 5) is 12.1. The van der Waals surface area contributed by atoms with Crippen molar-refractivity contribution in [3.63, 3.8) is 0 Å². The van der Waals surface area contributed by atoms with E-state index in [-0.39, 0.29) is 17.8 Å². The van der Waals surface area contributed by atoms with E-state index in [0.717, 1.165) is 11.3 Å². The van der Waals surface area contributed by atoms with Gasteiger partial charge in [0.15, 0.2) is 0 Å². The van der Waals surface area contributed by atoms with Gasteiger partial charge in [0.2, 0.25) is 0 Å². The van der Waals surface area contributed by atoms with Crippen molar-refractivity contribution in [1.82, 2.24) is 5.32 Å². The summed E-state index contributed by atoms with van der Waals surface area (Å²) in [6, 6.07) is 12.7. The summed E-state index contributed by atoms with van der Waals surface area (Å²) in [5, 5.41) is 2.87. The number of halogens is 1. The van der Waals surface area contributed by atoms with E-state index in [1.807, 2.05) is 31.2 Å². The number of rotatable bonds is 4. The highest BCUT2D eigenvalue weighted by Crippen LogP contribution is 2.24. The zero-order valence-corrected chi connectivity index (χ0v) is 11.4. The third kappa shape index (κ3) is 3.15. The number of para-hydroxylation sites is 1. The first-order valence-corrected chi connectivity index (χ1v) is 6.31. The van der Waals surface area contributed by atoms with Crippen LogP contribution >= 0.6 is 0 Å². The molecule has 3 nitrogen and oxygen atoms in total.